The Morgan fingerprint density at radius 2 is 1.68 bits per heavy atom. The van der Waals surface area contributed by atoms with Crippen LogP contribution in [0.25, 0.3) is 6.08 Å². The lowest BCUT2D eigenvalue weighted by atomic mass is 10.1. The molecule has 0 unspecified atom stereocenters. The van der Waals surface area contributed by atoms with E-state index in [1.165, 1.54) is 10.4 Å². The predicted octanol–water partition coefficient (Wildman–Crippen LogP) is 2.87. The second-order valence-electron chi connectivity index (χ2n) is 7.44. The number of sulfonamides is 1. The summed E-state index contributed by atoms with van der Waals surface area (Å²) >= 11 is 0. The summed E-state index contributed by atoms with van der Waals surface area (Å²) in [5, 5.41) is 0. The molecule has 31 heavy (non-hydrogen) atoms. The molecular formula is C23H28N2O5S. The van der Waals surface area contributed by atoms with Crippen molar-refractivity contribution in [2.45, 2.75) is 18.7 Å². The second kappa shape index (κ2) is 9.53. The fourth-order valence-corrected chi connectivity index (χ4v) is 5.24. The Morgan fingerprint density at radius 3 is 2.32 bits per heavy atom. The minimum atomic E-state index is -3.59. The summed E-state index contributed by atoms with van der Waals surface area (Å²) in [6, 6.07) is 10.8. The molecule has 0 aromatic heterocycles. The van der Waals surface area contributed by atoms with Gasteiger partial charge in [-0.1, -0.05) is 12.1 Å². The maximum absolute atomic E-state index is 13.1. The number of piperazine rings is 1. The molecule has 2 aromatic carbocycles. The number of methoxy groups -OCH3 is 2. The lowest BCUT2D eigenvalue weighted by molar-refractivity contribution is -0.127. The van der Waals surface area contributed by atoms with E-state index in [9.17, 15) is 13.2 Å². The zero-order valence-electron chi connectivity index (χ0n) is 18.3. The number of carbonyl (C=O) groups excluding carboxylic acids is 1. The molecule has 0 bridgehead atoms. The lowest BCUT2D eigenvalue weighted by Crippen LogP contribution is -2.50. The highest BCUT2D eigenvalue weighted by molar-refractivity contribution is 7.89. The van der Waals surface area contributed by atoms with Crippen molar-refractivity contribution in [3.63, 3.8) is 0 Å². The van der Waals surface area contributed by atoms with Crippen molar-refractivity contribution >= 4 is 22.0 Å². The van der Waals surface area contributed by atoms with Crippen molar-refractivity contribution in [2.75, 3.05) is 40.4 Å². The van der Waals surface area contributed by atoms with Gasteiger partial charge in [-0.05, 0) is 55.3 Å². The molecule has 0 aliphatic carbocycles. The van der Waals surface area contributed by atoms with Gasteiger partial charge in [-0.15, -0.1) is 0 Å². The van der Waals surface area contributed by atoms with Gasteiger partial charge in [0.1, 0.15) is 11.5 Å². The van der Waals surface area contributed by atoms with Crippen LogP contribution in [0, 0.1) is 13.8 Å². The normalized spacial score (nSPS) is 15.3. The third-order valence-corrected chi connectivity index (χ3v) is 7.39. The van der Waals surface area contributed by atoms with Crippen molar-refractivity contribution in [2.24, 2.45) is 0 Å². The highest BCUT2D eigenvalue weighted by Gasteiger charge is 2.30. The molecule has 0 spiro atoms. The molecule has 0 radical (unpaired) electrons. The quantitative estimate of drug-likeness (QED) is 0.641. The van der Waals surface area contributed by atoms with E-state index in [-0.39, 0.29) is 19.0 Å². The molecule has 3 rings (SSSR count). The van der Waals surface area contributed by atoms with Crippen LogP contribution in [0.4, 0.5) is 0 Å². The smallest absolute Gasteiger partial charge is 0.246 e. The number of nitrogens with zero attached hydrogens (tertiary/aromatic N) is 2. The predicted molar refractivity (Wildman–Crippen MR) is 120 cm³/mol. The van der Waals surface area contributed by atoms with Crippen LogP contribution in [0.2, 0.25) is 0 Å². The number of carbonyl (C=O) groups is 1. The van der Waals surface area contributed by atoms with Crippen LogP contribution in [0.3, 0.4) is 0 Å². The first kappa shape index (κ1) is 22.8. The standard InChI is InChI=1S/C23H28N2O5S/c1-17-5-6-18(2)22(15-17)31(27,28)25-13-11-24(12-14-25)23(26)10-7-19-16-20(29-3)8-9-21(19)30-4/h5-10,15-16H,11-14H2,1-4H3. The van der Waals surface area contributed by atoms with Gasteiger partial charge in [-0.3, -0.25) is 4.79 Å². The van der Waals surface area contributed by atoms with E-state index in [4.69, 9.17) is 9.47 Å². The molecule has 8 heteroatoms. The van der Waals surface area contributed by atoms with Gasteiger partial charge in [0.25, 0.3) is 0 Å². The number of hydrogen-bond acceptors (Lipinski definition) is 5. The number of benzene rings is 2. The molecule has 1 fully saturated rings. The highest BCUT2D eigenvalue weighted by Crippen LogP contribution is 2.26. The molecule has 0 atom stereocenters. The highest BCUT2D eigenvalue weighted by atomic mass is 32.2. The second-order valence-corrected chi connectivity index (χ2v) is 9.35. The Balaban J connectivity index is 1.68. The van der Waals surface area contributed by atoms with E-state index in [2.05, 4.69) is 0 Å². The van der Waals surface area contributed by atoms with Gasteiger partial charge in [0.15, 0.2) is 0 Å². The Bertz CT molecular complexity index is 1090. The van der Waals surface area contributed by atoms with Crippen molar-refractivity contribution in [1.29, 1.82) is 0 Å². The van der Waals surface area contributed by atoms with Crippen LogP contribution in [0.5, 0.6) is 11.5 Å². The van der Waals surface area contributed by atoms with Gasteiger partial charge in [-0.25, -0.2) is 8.42 Å². The van der Waals surface area contributed by atoms with Crippen molar-refractivity contribution < 1.29 is 22.7 Å². The summed E-state index contributed by atoms with van der Waals surface area (Å²) in [5.74, 6) is 1.13. The first-order valence-corrected chi connectivity index (χ1v) is 11.5. The van der Waals surface area contributed by atoms with E-state index in [0.717, 1.165) is 16.7 Å². The zero-order chi connectivity index (χ0) is 22.6. The molecule has 1 aliphatic heterocycles. The molecule has 1 saturated heterocycles. The van der Waals surface area contributed by atoms with Crippen LogP contribution < -0.4 is 9.47 Å². The lowest BCUT2D eigenvalue weighted by Gasteiger charge is -2.33. The van der Waals surface area contributed by atoms with E-state index in [1.807, 2.05) is 19.1 Å². The molecule has 7 nitrogen and oxygen atoms in total. The zero-order valence-corrected chi connectivity index (χ0v) is 19.1. The Morgan fingerprint density at radius 1 is 0.968 bits per heavy atom. The minimum absolute atomic E-state index is 0.173. The van der Waals surface area contributed by atoms with Crippen molar-refractivity contribution in [1.82, 2.24) is 9.21 Å². The summed E-state index contributed by atoms with van der Waals surface area (Å²) in [4.78, 5) is 14.6. The molecule has 1 heterocycles. The van der Waals surface area contributed by atoms with E-state index < -0.39 is 10.0 Å². The van der Waals surface area contributed by atoms with Gasteiger partial charge in [0.05, 0.1) is 19.1 Å². The number of aryl methyl sites for hydroxylation is 2. The van der Waals surface area contributed by atoms with Crippen molar-refractivity contribution in [3.8, 4) is 11.5 Å². The average Bonchev–Trinajstić information content (AvgIpc) is 2.78. The van der Waals surface area contributed by atoms with Crippen LogP contribution in [-0.4, -0.2) is 63.9 Å². The topological polar surface area (TPSA) is 76.2 Å². The Labute approximate surface area is 183 Å². The van der Waals surface area contributed by atoms with Gasteiger partial charge >= 0.3 is 0 Å². The fraction of sp³-hybridized carbons (Fsp3) is 0.348. The van der Waals surface area contributed by atoms with Crippen molar-refractivity contribution in [3.05, 3.63) is 59.2 Å². The maximum Gasteiger partial charge on any atom is 0.246 e. The Kier molecular flexibility index (Phi) is 7.02. The first-order valence-electron chi connectivity index (χ1n) is 10.0. The summed E-state index contributed by atoms with van der Waals surface area (Å²) < 4.78 is 38.1. The van der Waals surface area contributed by atoms with Gasteiger partial charge in [0.2, 0.25) is 15.9 Å². The summed E-state index contributed by atoms with van der Waals surface area (Å²) in [7, 11) is -0.448. The molecule has 0 saturated carbocycles. The van der Waals surface area contributed by atoms with E-state index in [1.54, 1.807) is 56.4 Å². The maximum atomic E-state index is 13.1. The van der Waals surface area contributed by atoms with Gasteiger partial charge in [-0.2, -0.15) is 4.31 Å². The summed E-state index contributed by atoms with van der Waals surface area (Å²) in [5.41, 5.74) is 2.35. The molecule has 1 amide bonds. The first-order chi connectivity index (χ1) is 14.8. The number of ether oxygens (including phenoxy) is 2. The van der Waals surface area contributed by atoms with Gasteiger partial charge in [0, 0.05) is 37.8 Å². The number of amides is 1. The average molecular weight is 445 g/mol. The minimum Gasteiger partial charge on any atom is -0.497 e. The summed E-state index contributed by atoms with van der Waals surface area (Å²) in [6.45, 7) is 4.86. The van der Waals surface area contributed by atoms with Crippen LogP contribution in [0.1, 0.15) is 16.7 Å². The largest absolute Gasteiger partial charge is 0.497 e. The Hall–Kier alpha value is -2.84. The molecule has 2 aromatic rings. The monoisotopic (exact) mass is 444 g/mol. The van der Waals surface area contributed by atoms with Crippen LogP contribution >= 0.6 is 0 Å². The van der Waals surface area contributed by atoms with Crippen LogP contribution in [-0.2, 0) is 14.8 Å². The van der Waals surface area contributed by atoms with Crippen LogP contribution in [0.15, 0.2) is 47.4 Å². The third-order valence-electron chi connectivity index (χ3n) is 5.35. The molecule has 1 aliphatic rings. The van der Waals surface area contributed by atoms with Gasteiger partial charge < -0.3 is 14.4 Å². The van der Waals surface area contributed by atoms with E-state index >= 15 is 0 Å². The SMILES string of the molecule is COc1ccc(OC)c(C=CC(=O)N2CCN(S(=O)(=O)c3cc(C)ccc3C)CC2)c1. The number of rotatable bonds is 6. The molecule has 166 valence electrons. The fourth-order valence-electron chi connectivity index (χ4n) is 3.51. The third kappa shape index (κ3) is 5.08. The molecular weight excluding hydrogens is 416 g/mol. The van der Waals surface area contributed by atoms with E-state index in [0.29, 0.717) is 29.5 Å². The number of hydrogen-bond donors (Lipinski definition) is 0. The summed E-state index contributed by atoms with van der Waals surface area (Å²) in [6.07, 6.45) is 3.16. The molecule has 0 N–H and O–H groups in total.